The van der Waals surface area contributed by atoms with Gasteiger partial charge in [0.25, 0.3) is 0 Å². The summed E-state index contributed by atoms with van der Waals surface area (Å²) >= 11 is 6.52. The van der Waals surface area contributed by atoms with Crippen molar-refractivity contribution in [3.05, 3.63) is 88.2 Å². The van der Waals surface area contributed by atoms with E-state index in [-0.39, 0.29) is 12.0 Å². The second-order valence-corrected chi connectivity index (χ2v) is 8.15. The highest BCUT2D eigenvalue weighted by atomic mass is 35.5. The smallest absolute Gasteiger partial charge is 0.335 e. The summed E-state index contributed by atoms with van der Waals surface area (Å²) in [7, 11) is 0. The van der Waals surface area contributed by atoms with Gasteiger partial charge in [-0.15, -0.1) is 0 Å². The van der Waals surface area contributed by atoms with Crippen molar-refractivity contribution in [3.63, 3.8) is 0 Å². The second kappa shape index (κ2) is 9.88. The molecule has 0 saturated carbocycles. The molecule has 4 rings (SSSR count). The lowest BCUT2D eigenvalue weighted by atomic mass is 9.92. The van der Waals surface area contributed by atoms with Gasteiger partial charge < -0.3 is 15.2 Å². The van der Waals surface area contributed by atoms with Gasteiger partial charge in [0.2, 0.25) is 5.91 Å². The molecule has 33 heavy (non-hydrogen) atoms. The van der Waals surface area contributed by atoms with Crippen LogP contribution in [0, 0.1) is 0 Å². The van der Waals surface area contributed by atoms with Crippen molar-refractivity contribution < 1.29 is 19.4 Å². The van der Waals surface area contributed by atoms with Crippen LogP contribution in [0.1, 0.15) is 34.0 Å². The number of ether oxygens (including phenoxy) is 1. The standard InChI is InChI=1S/C26H23ClN2O4/c1-2-20-21(6-3-7-22(20)26(31)32)17-11-18-12-19(33-25(18)23(27)13-17)15-29-24(30)9-8-16-5-4-10-28-14-16/h3-11,13-14,19H,2,12,15H2,1H3,(H,29,30)(H,31,32). The lowest BCUT2D eigenvalue weighted by molar-refractivity contribution is -0.116. The zero-order valence-electron chi connectivity index (χ0n) is 18.0. The fourth-order valence-corrected chi connectivity index (χ4v) is 4.30. The zero-order valence-corrected chi connectivity index (χ0v) is 18.8. The topological polar surface area (TPSA) is 88.5 Å². The number of pyridine rings is 1. The highest BCUT2D eigenvalue weighted by Crippen LogP contribution is 2.40. The normalized spacial score (nSPS) is 14.7. The fraction of sp³-hybridized carbons (Fsp3) is 0.192. The van der Waals surface area contributed by atoms with Crippen LogP contribution in [0.2, 0.25) is 5.02 Å². The Labute approximate surface area is 196 Å². The second-order valence-electron chi connectivity index (χ2n) is 7.75. The largest absolute Gasteiger partial charge is 0.486 e. The summed E-state index contributed by atoms with van der Waals surface area (Å²) in [6, 6.07) is 12.7. The monoisotopic (exact) mass is 462 g/mol. The van der Waals surface area contributed by atoms with Crippen molar-refractivity contribution >= 4 is 29.6 Å². The van der Waals surface area contributed by atoms with E-state index in [0.29, 0.717) is 35.7 Å². The van der Waals surface area contributed by atoms with E-state index in [1.807, 2.05) is 25.1 Å². The van der Waals surface area contributed by atoms with Gasteiger partial charge in [-0.2, -0.15) is 0 Å². The molecular weight excluding hydrogens is 440 g/mol. The lowest BCUT2D eigenvalue weighted by Gasteiger charge is -2.13. The Morgan fingerprint density at radius 2 is 2.12 bits per heavy atom. The number of aromatic carboxylic acids is 1. The maximum Gasteiger partial charge on any atom is 0.335 e. The van der Waals surface area contributed by atoms with Crippen LogP contribution in [0.4, 0.5) is 0 Å². The minimum Gasteiger partial charge on any atom is -0.486 e. The van der Waals surface area contributed by atoms with Crippen molar-refractivity contribution in [2.24, 2.45) is 0 Å². The molecule has 7 heteroatoms. The number of hydrogen-bond acceptors (Lipinski definition) is 4. The van der Waals surface area contributed by atoms with Gasteiger partial charge >= 0.3 is 5.97 Å². The Bertz CT molecular complexity index is 1220. The summed E-state index contributed by atoms with van der Waals surface area (Å²) in [5, 5.41) is 12.9. The number of hydrogen-bond donors (Lipinski definition) is 2. The van der Waals surface area contributed by atoms with E-state index in [2.05, 4.69) is 10.3 Å². The van der Waals surface area contributed by atoms with E-state index in [4.69, 9.17) is 16.3 Å². The van der Waals surface area contributed by atoms with Gasteiger partial charge in [0, 0.05) is 30.5 Å². The third kappa shape index (κ3) is 5.07. The van der Waals surface area contributed by atoms with Gasteiger partial charge in [-0.1, -0.05) is 36.7 Å². The van der Waals surface area contributed by atoms with E-state index in [0.717, 1.165) is 27.8 Å². The first-order valence-corrected chi connectivity index (χ1v) is 11.0. The molecule has 6 nitrogen and oxygen atoms in total. The number of carbonyl (C=O) groups is 2. The maximum atomic E-state index is 12.2. The number of carbonyl (C=O) groups excluding carboxylic acids is 1. The van der Waals surface area contributed by atoms with Crippen LogP contribution in [-0.2, 0) is 17.6 Å². The molecule has 2 aromatic carbocycles. The zero-order chi connectivity index (χ0) is 23.4. The first-order valence-electron chi connectivity index (χ1n) is 10.7. The Hall–Kier alpha value is -3.64. The molecule has 1 unspecified atom stereocenters. The number of rotatable bonds is 7. The predicted octanol–water partition coefficient (Wildman–Crippen LogP) is 4.80. The summed E-state index contributed by atoms with van der Waals surface area (Å²) in [6.07, 6.45) is 7.46. The number of amides is 1. The third-order valence-corrected chi connectivity index (χ3v) is 5.82. The molecule has 0 spiro atoms. The lowest BCUT2D eigenvalue weighted by Crippen LogP contribution is -2.33. The summed E-state index contributed by atoms with van der Waals surface area (Å²) in [4.78, 5) is 27.8. The number of benzene rings is 2. The van der Waals surface area contributed by atoms with Gasteiger partial charge in [0.1, 0.15) is 11.9 Å². The molecular formula is C26H23ClN2O4. The molecule has 2 N–H and O–H groups in total. The van der Waals surface area contributed by atoms with Crippen molar-refractivity contribution in [2.45, 2.75) is 25.9 Å². The molecule has 3 aromatic rings. The molecule has 1 aliphatic rings. The number of nitrogens with one attached hydrogen (secondary N) is 1. The quantitative estimate of drug-likeness (QED) is 0.492. The van der Waals surface area contributed by atoms with Gasteiger partial charge in [0.15, 0.2) is 0 Å². The molecule has 2 heterocycles. The molecule has 1 aliphatic heterocycles. The number of fused-ring (bicyclic) bond motifs is 1. The SMILES string of the molecule is CCc1c(C(=O)O)cccc1-c1cc(Cl)c2c(c1)CC(CNC(=O)C=Cc1cccnc1)O2. The maximum absolute atomic E-state index is 12.2. The van der Waals surface area contributed by atoms with E-state index in [9.17, 15) is 14.7 Å². The Morgan fingerprint density at radius 1 is 1.27 bits per heavy atom. The van der Waals surface area contributed by atoms with Crippen LogP contribution < -0.4 is 10.1 Å². The summed E-state index contributed by atoms with van der Waals surface area (Å²) in [6.45, 7) is 2.27. The number of nitrogens with zero attached hydrogens (tertiary/aromatic N) is 1. The number of carboxylic acids is 1. The van der Waals surface area contributed by atoms with Crippen molar-refractivity contribution in [2.75, 3.05) is 6.54 Å². The van der Waals surface area contributed by atoms with Crippen LogP contribution in [0.5, 0.6) is 5.75 Å². The highest BCUT2D eigenvalue weighted by molar-refractivity contribution is 6.32. The molecule has 1 amide bonds. The van der Waals surface area contributed by atoms with Gasteiger partial charge in [-0.05, 0) is 59.0 Å². The molecule has 168 valence electrons. The average Bonchev–Trinajstić information content (AvgIpc) is 3.25. The van der Waals surface area contributed by atoms with Crippen LogP contribution >= 0.6 is 11.6 Å². The van der Waals surface area contributed by atoms with Crippen LogP contribution in [0.3, 0.4) is 0 Å². The Morgan fingerprint density at radius 3 is 2.85 bits per heavy atom. The molecule has 0 radical (unpaired) electrons. The molecule has 1 aromatic heterocycles. The molecule has 0 bridgehead atoms. The molecule has 0 saturated heterocycles. The highest BCUT2D eigenvalue weighted by Gasteiger charge is 2.27. The van der Waals surface area contributed by atoms with Crippen molar-refractivity contribution in [3.8, 4) is 16.9 Å². The first-order chi connectivity index (χ1) is 16.0. The third-order valence-electron chi connectivity index (χ3n) is 5.54. The van der Waals surface area contributed by atoms with Crippen LogP contribution in [0.15, 0.2) is 60.9 Å². The van der Waals surface area contributed by atoms with E-state index in [1.165, 1.54) is 6.08 Å². The van der Waals surface area contributed by atoms with Gasteiger partial charge in [0.05, 0.1) is 17.1 Å². The summed E-state index contributed by atoms with van der Waals surface area (Å²) in [5.74, 6) is -0.557. The Balaban J connectivity index is 1.47. The Kier molecular flexibility index (Phi) is 6.75. The number of halogens is 1. The van der Waals surface area contributed by atoms with Crippen LogP contribution in [-0.4, -0.2) is 34.6 Å². The molecule has 0 fully saturated rings. The van der Waals surface area contributed by atoms with Crippen LogP contribution in [0.25, 0.3) is 17.2 Å². The number of aromatic nitrogens is 1. The van der Waals surface area contributed by atoms with E-state index < -0.39 is 5.97 Å². The van der Waals surface area contributed by atoms with E-state index >= 15 is 0 Å². The first kappa shape index (κ1) is 22.6. The summed E-state index contributed by atoms with van der Waals surface area (Å²) < 4.78 is 5.99. The van der Waals surface area contributed by atoms with Gasteiger partial charge in [-0.3, -0.25) is 9.78 Å². The minimum atomic E-state index is -0.947. The molecule has 1 atom stereocenters. The van der Waals surface area contributed by atoms with Gasteiger partial charge in [-0.25, -0.2) is 4.79 Å². The summed E-state index contributed by atoms with van der Waals surface area (Å²) in [5.41, 5.74) is 4.54. The predicted molar refractivity (Wildman–Crippen MR) is 128 cm³/mol. The fourth-order valence-electron chi connectivity index (χ4n) is 4.02. The van der Waals surface area contributed by atoms with E-state index in [1.54, 1.807) is 42.7 Å². The van der Waals surface area contributed by atoms with Crippen molar-refractivity contribution in [1.82, 2.24) is 10.3 Å². The molecule has 0 aliphatic carbocycles. The van der Waals surface area contributed by atoms with Crippen molar-refractivity contribution in [1.29, 1.82) is 0 Å². The average molecular weight is 463 g/mol. The minimum absolute atomic E-state index is 0.219. The number of carboxylic acid groups (broad SMARTS) is 1.